The fourth-order valence-corrected chi connectivity index (χ4v) is 2.93. The number of nitrogens with zero attached hydrogens (tertiary/aromatic N) is 3. The van der Waals surface area contributed by atoms with Crippen LogP contribution in [0, 0.1) is 0 Å². The SMILES string of the molecule is CCn1c(=O)c2ccccc2n(CCN2CCOCC2)c1=O. The Kier molecular flexibility index (Phi) is 4.40. The highest BCUT2D eigenvalue weighted by molar-refractivity contribution is 5.77. The molecule has 6 heteroatoms. The highest BCUT2D eigenvalue weighted by Gasteiger charge is 2.14. The Morgan fingerprint density at radius 2 is 1.77 bits per heavy atom. The standard InChI is InChI=1S/C16H21N3O3/c1-2-18-15(20)13-5-3-4-6-14(13)19(16(18)21)8-7-17-9-11-22-12-10-17/h3-6H,2,7-12H2,1H3. The van der Waals surface area contributed by atoms with Gasteiger partial charge >= 0.3 is 5.69 Å². The molecule has 0 spiro atoms. The lowest BCUT2D eigenvalue weighted by molar-refractivity contribution is 0.0363. The van der Waals surface area contributed by atoms with E-state index < -0.39 is 0 Å². The van der Waals surface area contributed by atoms with Gasteiger partial charge in [-0.2, -0.15) is 0 Å². The molecule has 0 amide bonds. The van der Waals surface area contributed by atoms with Gasteiger partial charge in [0, 0.05) is 32.7 Å². The minimum absolute atomic E-state index is 0.203. The van der Waals surface area contributed by atoms with Crippen LogP contribution in [0.1, 0.15) is 6.92 Å². The Labute approximate surface area is 128 Å². The molecule has 2 aromatic rings. The molecule has 22 heavy (non-hydrogen) atoms. The summed E-state index contributed by atoms with van der Waals surface area (Å²) in [6.45, 7) is 6.84. The van der Waals surface area contributed by atoms with Crippen molar-refractivity contribution in [1.82, 2.24) is 14.0 Å². The van der Waals surface area contributed by atoms with Gasteiger partial charge in [0.1, 0.15) is 0 Å². The van der Waals surface area contributed by atoms with E-state index in [1.54, 1.807) is 10.6 Å². The number of ether oxygens (including phenoxy) is 1. The lowest BCUT2D eigenvalue weighted by Crippen LogP contribution is -2.43. The van der Waals surface area contributed by atoms with E-state index in [1.165, 1.54) is 4.57 Å². The molecule has 3 rings (SSSR count). The molecule has 1 aliphatic heterocycles. The molecule has 6 nitrogen and oxygen atoms in total. The number of hydrogen-bond donors (Lipinski definition) is 0. The van der Waals surface area contributed by atoms with Crippen molar-refractivity contribution >= 4 is 10.9 Å². The average molecular weight is 303 g/mol. The number of hydrogen-bond acceptors (Lipinski definition) is 4. The topological polar surface area (TPSA) is 56.5 Å². The number of morpholine rings is 1. The number of fused-ring (bicyclic) bond motifs is 1. The molecule has 1 aromatic carbocycles. The van der Waals surface area contributed by atoms with E-state index in [0.29, 0.717) is 18.5 Å². The molecular formula is C16H21N3O3. The van der Waals surface area contributed by atoms with Gasteiger partial charge in [0.2, 0.25) is 0 Å². The summed E-state index contributed by atoms with van der Waals surface area (Å²) < 4.78 is 8.37. The largest absolute Gasteiger partial charge is 0.379 e. The van der Waals surface area contributed by atoms with Crippen molar-refractivity contribution in [2.24, 2.45) is 0 Å². The second-order valence-corrected chi connectivity index (χ2v) is 5.45. The molecule has 118 valence electrons. The highest BCUT2D eigenvalue weighted by atomic mass is 16.5. The minimum atomic E-state index is -0.223. The Balaban J connectivity index is 2.00. The minimum Gasteiger partial charge on any atom is -0.379 e. The normalized spacial score (nSPS) is 16.2. The van der Waals surface area contributed by atoms with Crippen LogP contribution in [-0.4, -0.2) is 46.9 Å². The van der Waals surface area contributed by atoms with Crippen LogP contribution in [0.4, 0.5) is 0 Å². The van der Waals surface area contributed by atoms with Gasteiger partial charge < -0.3 is 4.74 Å². The second kappa shape index (κ2) is 6.46. The zero-order valence-corrected chi connectivity index (χ0v) is 12.8. The predicted molar refractivity (Wildman–Crippen MR) is 85.4 cm³/mol. The Bertz CT molecular complexity index is 772. The van der Waals surface area contributed by atoms with Crippen molar-refractivity contribution in [2.45, 2.75) is 20.0 Å². The van der Waals surface area contributed by atoms with Crippen LogP contribution in [0.5, 0.6) is 0 Å². The quantitative estimate of drug-likeness (QED) is 0.826. The van der Waals surface area contributed by atoms with Gasteiger partial charge in [-0.25, -0.2) is 4.79 Å². The first-order valence-electron chi connectivity index (χ1n) is 7.75. The van der Waals surface area contributed by atoms with E-state index >= 15 is 0 Å². The maximum absolute atomic E-state index is 12.6. The van der Waals surface area contributed by atoms with Crippen molar-refractivity contribution in [3.05, 3.63) is 45.1 Å². The maximum atomic E-state index is 12.6. The first-order valence-corrected chi connectivity index (χ1v) is 7.75. The third kappa shape index (κ3) is 2.71. The first kappa shape index (κ1) is 15.0. The maximum Gasteiger partial charge on any atom is 0.331 e. The summed E-state index contributed by atoms with van der Waals surface area (Å²) in [6, 6.07) is 7.33. The number of rotatable bonds is 4. The first-order chi connectivity index (χ1) is 10.7. The summed E-state index contributed by atoms with van der Waals surface area (Å²) in [5, 5.41) is 0.603. The second-order valence-electron chi connectivity index (χ2n) is 5.45. The molecule has 0 N–H and O–H groups in total. The smallest absolute Gasteiger partial charge is 0.331 e. The van der Waals surface area contributed by atoms with Gasteiger partial charge in [-0.15, -0.1) is 0 Å². The van der Waals surface area contributed by atoms with E-state index in [2.05, 4.69) is 4.90 Å². The van der Waals surface area contributed by atoms with Crippen molar-refractivity contribution in [2.75, 3.05) is 32.8 Å². The van der Waals surface area contributed by atoms with Gasteiger partial charge in [0.15, 0.2) is 0 Å². The summed E-state index contributed by atoms with van der Waals surface area (Å²) in [7, 11) is 0. The van der Waals surface area contributed by atoms with Gasteiger partial charge in [-0.3, -0.25) is 18.8 Å². The third-order valence-corrected chi connectivity index (χ3v) is 4.19. The lowest BCUT2D eigenvalue weighted by Gasteiger charge is -2.27. The average Bonchev–Trinajstić information content (AvgIpc) is 2.56. The van der Waals surface area contributed by atoms with Crippen LogP contribution in [0.2, 0.25) is 0 Å². The van der Waals surface area contributed by atoms with E-state index in [-0.39, 0.29) is 11.2 Å². The van der Waals surface area contributed by atoms with Crippen LogP contribution >= 0.6 is 0 Å². The molecule has 0 unspecified atom stereocenters. The molecule has 0 atom stereocenters. The number of aromatic nitrogens is 2. The summed E-state index contributed by atoms with van der Waals surface area (Å²) in [5.41, 5.74) is 0.292. The fraction of sp³-hybridized carbons (Fsp3) is 0.500. The Morgan fingerprint density at radius 3 is 2.50 bits per heavy atom. The van der Waals surface area contributed by atoms with Gasteiger partial charge in [0.05, 0.1) is 24.1 Å². The fourth-order valence-electron chi connectivity index (χ4n) is 2.93. The van der Waals surface area contributed by atoms with Gasteiger partial charge in [-0.05, 0) is 19.1 Å². The lowest BCUT2D eigenvalue weighted by atomic mass is 10.2. The molecule has 1 fully saturated rings. The van der Waals surface area contributed by atoms with Crippen LogP contribution in [0.25, 0.3) is 10.9 Å². The molecule has 0 saturated carbocycles. The zero-order valence-electron chi connectivity index (χ0n) is 12.8. The molecule has 1 aliphatic rings. The van der Waals surface area contributed by atoms with E-state index in [4.69, 9.17) is 4.74 Å². The summed E-state index contributed by atoms with van der Waals surface area (Å²) in [6.07, 6.45) is 0. The van der Waals surface area contributed by atoms with Gasteiger partial charge in [0.25, 0.3) is 5.56 Å². The molecule has 0 radical (unpaired) electrons. The summed E-state index contributed by atoms with van der Waals surface area (Å²) >= 11 is 0. The third-order valence-electron chi connectivity index (χ3n) is 4.19. The van der Waals surface area contributed by atoms with E-state index in [0.717, 1.165) is 38.4 Å². The molecule has 1 saturated heterocycles. The number of para-hydroxylation sites is 1. The molecule has 0 bridgehead atoms. The van der Waals surface area contributed by atoms with Crippen LogP contribution in [0.3, 0.4) is 0 Å². The zero-order chi connectivity index (χ0) is 15.5. The predicted octanol–water partition coefficient (Wildman–Crippen LogP) is 0.515. The molecule has 1 aromatic heterocycles. The monoisotopic (exact) mass is 303 g/mol. The summed E-state index contributed by atoms with van der Waals surface area (Å²) in [4.78, 5) is 27.2. The Hall–Kier alpha value is -1.92. The molecular weight excluding hydrogens is 282 g/mol. The van der Waals surface area contributed by atoms with Crippen molar-refractivity contribution < 1.29 is 4.74 Å². The number of benzene rings is 1. The van der Waals surface area contributed by atoms with Crippen LogP contribution < -0.4 is 11.2 Å². The van der Waals surface area contributed by atoms with Crippen molar-refractivity contribution in [3.8, 4) is 0 Å². The molecule has 0 aliphatic carbocycles. The van der Waals surface area contributed by atoms with Crippen LogP contribution in [0.15, 0.2) is 33.9 Å². The highest BCUT2D eigenvalue weighted by Crippen LogP contribution is 2.08. The van der Waals surface area contributed by atoms with E-state index in [9.17, 15) is 9.59 Å². The summed E-state index contributed by atoms with van der Waals surface area (Å²) in [5.74, 6) is 0. The van der Waals surface area contributed by atoms with E-state index in [1.807, 2.05) is 25.1 Å². The molecule has 2 heterocycles. The van der Waals surface area contributed by atoms with Crippen molar-refractivity contribution in [1.29, 1.82) is 0 Å². The van der Waals surface area contributed by atoms with Crippen molar-refractivity contribution in [3.63, 3.8) is 0 Å². The van der Waals surface area contributed by atoms with Gasteiger partial charge in [-0.1, -0.05) is 12.1 Å². The Morgan fingerprint density at radius 1 is 1.05 bits per heavy atom. The van der Waals surface area contributed by atoms with Crippen LogP contribution in [-0.2, 0) is 17.8 Å².